The van der Waals surface area contributed by atoms with Crippen LogP contribution in [-0.2, 0) is 16.1 Å². The predicted molar refractivity (Wildman–Crippen MR) is 142 cm³/mol. The molecule has 0 aliphatic carbocycles. The molecule has 4 aromatic rings. The number of carbonyl (C=O) groups is 2. The Kier molecular flexibility index (Phi) is 6.62. The van der Waals surface area contributed by atoms with E-state index in [4.69, 9.17) is 4.74 Å². The number of nitrogens with one attached hydrogen (secondary N) is 2. The van der Waals surface area contributed by atoms with E-state index in [1.54, 1.807) is 24.9 Å². The van der Waals surface area contributed by atoms with Gasteiger partial charge in [-0.2, -0.15) is 5.26 Å². The minimum Gasteiger partial charge on any atom is -0.489 e. The lowest BCUT2D eigenvalue weighted by molar-refractivity contribution is -0.129. The largest absolute Gasteiger partial charge is 0.489 e. The van der Waals surface area contributed by atoms with Gasteiger partial charge in [0.25, 0.3) is 5.91 Å². The number of nitrogens with zero attached hydrogens (tertiary/aromatic N) is 3. The smallest absolute Gasteiger partial charge is 0.253 e. The third-order valence-electron chi connectivity index (χ3n) is 6.70. The molecule has 0 radical (unpaired) electrons. The summed E-state index contributed by atoms with van der Waals surface area (Å²) in [6, 6.07) is 23.8. The van der Waals surface area contributed by atoms with Crippen molar-refractivity contribution in [1.29, 1.82) is 5.26 Å². The Hall–Kier alpha value is -4.61. The summed E-state index contributed by atoms with van der Waals surface area (Å²) >= 11 is 0. The van der Waals surface area contributed by atoms with Crippen molar-refractivity contribution >= 4 is 28.4 Å². The maximum atomic E-state index is 13.8. The summed E-state index contributed by atoms with van der Waals surface area (Å²) in [5.41, 5.74) is 3.89. The Bertz CT molecular complexity index is 1520. The first kappa shape index (κ1) is 24.1. The van der Waals surface area contributed by atoms with Crippen LogP contribution in [0.4, 0.5) is 5.69 Å². The molecule has 2 atom stereocenters. The molecule has 2 heterocycles. The highest BCUT2D eigenvalue weighted by Gasteiger charge is 2.33. The normalized spacial score (nSPS) is 15.9. The van der Waals surface area contributed by atoms with Crippen LogP contribution in [0.3, 0.4) is 0 Å². The van der Waals surface area contributed by atoms with Crippen LogP contribution in [-0.4, -0.2) is 42.1 Å². The molecule has 2 N–H and O–H groups in total. The van der Waals surface area contributed by atoms with Gasteiger partial charge >= 0.3 is 0 Å². The van der Waals surface area contributed by atoms with E-state index in [2.05, 4.69) is 16.7 Å². The first-order valence-corrected chi connectivity index (χ1v) is 12.1. The molecular formula is C29H27N5O3. The zero-order chi connectivity index (χ0) is 25.9. The van der Waals surface area contributed by atoms with Crippen LogP contribution in [0.15, 0.2) is 79.0 Å². The van der Waals surface area contributed by atoms with Gasteiger partial charge in [-0.25, -0.2) is 0 Å². The maximum Gasteiger partial charge on any atom is 0.253 e. The number of carbonyl (C=O) groups excluding carboxylic acids is 2. The molecule has 3 aromatic carbocycles. The molecule has 186 valence electrons. The quantitative estimate of drug-likeness (QED) is 0.428. The number of anilines is 1. The van der Waals surface area contributed by atoms with Crippen LogP contribution in [0.1, 0.15) is 18.1 Å². The second kappa shape index (κ2) is 10.2. The molecule has 0 saturated heterocycles. The molecule has 5 rings (SSSR count). The average Bonchev–Trinajstić information content (AvgIpc) is 3.33. The van der Waals surface area contributed by atoms with Gasteiger partial charge in [0.15, 0.2) is 0 Å². The van der Waals surface area contributed by atoms with E-state index in [1.807, 2.05) is 77.5 Å². The van der Waals surface area contributed by atoms with E-state index < -0.39 is 12.1 Å². The SMILES string of the molecule is CN[C@@H](C)C(=O)N[C@H]1COc2ccccc2N(Cc2cccc3c2ccn3-c2ccccc2C#N)C1=O. The summed E-state index contributed by atoms with van der Waals surface area (Å²) in [6.45, 7) is 2.06. The number of aromatic nitrogens is 1. The fourth-order valence-corrected chi connectivity index (χ4v) is 4.58. The molecule has 0 saturated carbocycles. The van der Waals surface area contributed by atoms with Crippen LogP contribution >= 0.6 is 0 Å². The lowest BCUT2D eigenvalue weighted by atomic mass is 10.1. The van der Waals surface area contributed by atoms with Gasteiger partial charge in [-0.15, -0.1) is 0 Å². The highest BCUT2D eigenvalue weighted by Crippen LogP contribution is 2.34. The molecule has 8 heteroatoms. The van der Waals surface area contributed by atoms with Crippen molar-refractivity contribution in [2.45, 2.75) is 25.6 Å². The maximum absolute atomic E-state index is 13.8. The zero-order valence-corrected chi connectivity index (χ0v) is 20.6. The molecule has 0 spiro atoms. The van der Waals surface area contributed by atoms with Gasteiger partial charge in [-0.1, -0.05) is 36.4 Å². The van der Waals surface area contributed by atoms with Crippen LogP contribution in [0.5, 0.6) is 5.75 Å². The first-order valence-electron chi connectivity index (χ1n) is 12.1. The van der Waals surface area contributed by atoms with Gasteiger partial charge < -0.3 is 24.8 Å². The highest BCUT2D eigenvalue weighted by atomic mass is 16.5. The summed E-state index contributed by atoms with van der Waals surface area (Å²) in [6.07, 6.45) is 1.94. The molecule has 0 bridgehead atoms. The number of nitriles is 1. The number of ether oxygens (including phenoxy) is 1. The summed E-state index contributed by atoms with van der Waals surface area (Å²) < 4.78 is 7.94. The minimum atomic E-state index is -0.831. The lowest BCUT2D eigenvalue weighted by Crippen LogP contribution is -2.53. The lowest BCUT2D eigenvalue weighted by Gasteiger charge is -2.26. The summed E-state index contributed by atoms with van der Waals surface area (Å²) in [7, 11) is 1.69. The number of likely N-dealkylation sites (N-methyl/N-ethyl adjacent to an activating group) is 1. The number of hydrogen-bond acceptors (Lipinski definition) is 5. The molecule has 1 aliphatic heterocycles. The number of hydrogen-bond donors (Lipinski definition) is 2. The van der Waals surface area contributed by atoms with Crippen molar-refractivity contribution in [3.05, 3.63) is 90.1 Å². The van der Waals surface area contributed by atoms with Gasteiger partial charge in [0.2, 0.25) is 5.91 Å². The monoisotopic (exact) mass is 493 g/mol. The molecular weight excluding hydrogens is 466 g/mol. The van der Waals surface area contributed by atoms with Crippen molar-refractivity contribution in [1.82, 2.24) is 15.2 Å². The van der Waals surface area contributed by atoms with Crippen LogP contribution in [0.2, 0.25) is 0 Å². The van der Waals surface area contributed by atoms with Crippen LogP contribution < -0.4 is 20.3 Å². The number of rotatable bonds is 6. The molecule has 1 aromatic heterocycles. The fourth-order valence-electron chi connectivity index (χ4n) is 4.58. The second-order valence-electron chi connectivity index (χ2n) is 8.94. The van der Waals surface area contributed by atoms with Crippen molar-refractivity contribution in [3.63, 3.8) is 0 Å². The van der Waals surface area contributed by atoms with Crippen molar-refractivity contribution in [3.8, 4) is 17.5 Å². The van der Waals surface area contributed by atoms with E-state index >= 15 is 0 Å². The van der Waals surface area contributed by atoms with E-state index in [0.29, 0.717) is 17.0 Å². The molecule has 37 heavy (non-hydrogen) atoms. The standard InChI is InChI=1S/C29H27N5O3/c1-19(31-2)28(35)32-23-18-37-27-13-6-5-11-26(27)34(29(23)36)17-21-9-7-12-25-22(21)14-15-33(25)24-10-4-3-8-20(24)16-30/h3-15,19,23,31H,17-18H2,1-2H3,(H,32,35)/t19-,23-/m0/s1. The van der Waals surface area contributed by atoms with E-state index in [-0.39, 0.29) is 25.0 Å². The van der Waals surface area contributed by atoms with Crippen molar-refractivity contribution in [2.24, 2.45) is 0 Å². The van der Waals surface area contributed by atoms with Gasteiger partial charge in [0, 0.05) is 11.6 Å². The summed E-state index contributed by atoms with van der Waals surface area (Å²) in [5, 5.41) is 16.3. The number of benzene rings is 3. The van der Waals surface area contributed by atoms with E-state index in [0.717, 1.165) is 22.2 Å². The van der Waals surface area contributed by atoms with E-state index in [1.165, 1.54) is 0 Å². The average molecular weight is 494 g/mol. The molecule has 1 aliphatic rings. The Labute approximate surface area is 215 Å². The van der Waals surface area contributed by atoms with Crippen LogP contribution in [0, 0.1) is 11.3 Å². The molecule has 0 unspecified atom stereocenters. The molecule has 0 fully saturated rings. The zero-order valence-electron chi connectivity index (χ0n) is 20.6. The van der Waals surface area contributed by atoms with Gasteiger partial charge in [-0.05, 0) is 55.9 Å². The minimum absolute atomic E-state index is 0.0417. The van der Waals surface area contributed by atoms with Crippen LogP contribution in [0.25, 0.3) is 16.6 Å². The Morgan fingerprint density at radius 1 is 1.08 bits per heavy atom. The van der Waals surface area contributed by atoms with Crippen molar-refractivity contribution < 1.29 is 14.3 Å². The Morgan fingerprint density at radius 2 is 1.84 bits per heavy atom. The second-order valence-corrected chi connectivity index (χ2v) is 8.94. The topological polar surface area (TPSA) is 99.4 Å². The Morgan fingerprint density at radius 3 is 2.62 bits per heavy atom. The molecule has 8 nitrogen and oxygen atoms in total. The Balaban J connectivity index is 1.53. The summed E-state index contributed by atoms with van der Waals surface area (Å²) in [5.74, 6) is 0.0699. The third-order valence-corrected chi connectivity index (χ3v) is 6.70. The number of para-hydroxylation sites is 3. The van der Waals surface area contributed by atoms with Gasteiger partial charge in [0.1, 0.15) is 24.5 Å². The summed E-state index contributed by atoms with van der Waals surface area (Å²) in [4.78, 5) is 28.0. The molecule has 2 amide bonds. The van der Waals surface area contributed by atoms with Crippen molar-refractivity contribution in [2.75, 3.05) is 18.6 Å². The fraction of sp³-hybridized carbons (Fsp3) is 0.207. The van der Waals surface area contributed by atoms with Gasteiger partial charge in [0.05, 0.1) is 35.0 Å². The van der Waals surface area contributed by atoms with Gasteiger partial charge in [-0.3, -0.25) is 9.59 Å². The highest BCUT2D eigenvalue weighted by molar-refractivity contribution is 6.02. The number of fused-ring (bicyclic) bond motifs is 2. The predicted octanol–water partition coefficient (Wildman–Crippen LogP) is 3.52. The number of amides is 2. The first-order chi connectivity index (χ1) is 18.0. The third kappa shape index (κ3) is 4.53. The van der Waals surface area contributed by atoms with E-state index in [9.17, 15) is 14.9 Å².